The van der Waals surface area contributed by atoms with E-state index in [2.05, 4.69) is 20.9 Å². The van der Waals surface area contributed by atoms with Crippen LogP contribution >= 0.6 is 15.9 Å². The minimum Gasteiger partial charge on any atom is -0.402 e. The number of carbonyl (C=O) groups is 1. The molecule has 0 bridgehead atoms. The molecule has 0 saturated carbocycles. The van der Waals surface area contributed by atoms with E-state index in [0.717, 1.165) is 5.56 Å². The normalized spacial score (nSPS) is 15.0. The van der Waals surface area contributed by atoms with Gasteiger partial charge in [-0.1, -0.05) is 51.8 Å². The number of aliphatic imine (C=N–C) groups is 1. The molecule has 0 N–H and O–H groups in total. The number of benzene rings is 3. The molecule has 0 unspecified atom stereocenters. The van der Waals surface area contributed by atoms with E-state index in [-0.39, 0.29) is 22.2 Å². The van der Waals surface area contributed by atoms with Gasteiger partial charge >= 0.3 is 16.1 Å². The summed E-state index contributed by atoms with van der Waals surface area (Å²) in [5.74, 6) is -0.389. The molecular formula is C23H16BrNO5S. The van der Waals surface area contributed by atoms with E-state index in [0.29, 0.717) is 15.6 Å². The second-order valence-corrected chi connectivity index (χ2v) is 9.20. The molecule has 0 aliphatic carbocycles. The number of rotatable bonds is 5. The van der Waals surface area contributed by atoms with Crippen molar-refractivity contribution in [2.45, 2.75) is 11.8 Å². The largest absolute Gasteiger partial charge is 0.402 e. The van der Waals surface area contributed by atoms with Crippen LogP contribution in [0.3, 0.4) is 0 Å². The van der Waals surface area contributed by atoms with Crippen molar-refractivity contribution in [1.29, 1.82) is 0 Å². The molecule has 156 valence electrons. The minimum atomic E-state index is -4.06. The van der Waals surface area contributed by atoms with Crippen LogP contribution in [0.1, 0.15) is 16.7 Å². The summed E-state index contributed by atoms with van der Waals surface area (Å²) in [5.41, 5.74) is 1.98. The number of hydrogen-bond donors (Lipinski definition) is 0. The van der Waals surface area contributed by atoms with Crippen molar-refractivity contribution < 1.29 is 22.1 Å². The number of nitrogens with zero attached hydrogens (tertiary/aromatic N) is 1. The predicted molar refractivity (Wildman–Crippen MR) is 120 cm³/mol. The van der Waals surface area contributed by atoms with Gasteiger partial charge in [0.2, 0.25) is 5.90 Å². The summed E-state index contributed by atoms with van der Waals surface area (Å²) >= 11 is 3.36. The van der Waals surface area contributed by atoms with Gasteiger partial charge in [0.05, 0.1) is 0 Å². The van der Waals surface area contributed by atoms with Crippen LogP contribution in [0.5, 0.6) is 5.75 Å². The van der Waals surface area contributed by atoms with Crippen LogP contribution in [-0.2, 0) is 19.6 Å². The summed E-state index contributed by atoms with van der Waals surface area (Å²) in [6.07, 6.45) is 1.43. The van der Waals surface area contributed by atoms with Gasteiger partial charge in [-0.25, -0.2) is 9.79 Å². The molecule has 0 spiro atoms. The summed E-state index contributed by atoms with van der Waals surface area (Å²) in [6.45, 7) is 1.86. The SMILES string of the molecule is Cc1ccc(S(=O)(=O)Oc2ccc(Br)cc2/C=C2/N=C(c3ccccc3)OC2=O)cc1. The third-order valence-electron chi connectivity index (χ3n) is 4.41. The first-order valence-electron chi connectivity index (χ1n) is 9.20. The Labute approximate surface area is 188 Å². The number of hydrogen-bond acceptors (Lipinski definition) is 6. The number of halogens is 1. The summed E-state index contributed by atoms with van der Waals surface area (Å²) in [5, 5.41) is 0. The highest BCUT2D eigenvalue weighted by Crippen LogP contribution is 2.30. The second-order valence-electron chi connectivity index (χ2n) is 6.73. The predicted octanol–water partition coefficient (Wildman–Crippen LogP) is 4.87. The standard InChI is InChI=1S/C23H16BrNO5S/c1-15-7-10-19(11-8-15)31(27,28)30-21-12-9-18(24)13-17(21)14-20-23(26)29-22(25-20)16-5-3-2-4-6-16/h2-14H,1H3/b20-14+. The van der Waals surface area contributed by atoms with Crippen molar-refractivity contribution >= 4 is 44.0 Å². The van der Waals surface area contributed by atoms with Crippen LogP contribution in [0.2, 0.25) is 0 Å². The van der Waals surface area contributed by atoms with Crippen LogP contribution in [0.25, 0.3) is 6.08 Å². The average Bonchev–Trinajstić information content (AvgIpc) is 3.11. The zero-order chi connectivity index (χ0) is 22.0. The van der Waals surface area contributed by atoms with Crippen LogP contribution in [-0.4, -0.2) is 20.3 Å². The number of esters is 1. The molecule has 1 aliphatic heterocycles. The van der Waals surface area contributed by atoms with Crippen molar-refractivity contribution in [3.05, 3.63) is 99.7 Å². The first-order chi connectivity index (χ1) is 14.8. The topological polar surface area (TPSA) is 82.0 Å². The Balaban J connectivity index is 1.70. The highest BCUT2D eigenvalue weighted by atomic mass is 79.9. The molecule has 3 aromatic rings. The van der Waals surface area contributed by atoms with E-state index in [4.69, 9.17) is 8.92 Å². The lowest BCUT2D eigenvalue weighted by Gasteiger charge is -2.10. The van der Waals surface area contributed by atoms with Gasteiger partial charge in [0, 0.05) is 15.6 Å². The Morgan fingerprint density at radius 2 is 1.71 bits per heavy atom. The highest BCUT2D eigenvalue weighted by molar-refractivity contribution is 9.10. The molecule has 4 rings (SSSR count). The molecule has 1 heterocycles. The second kappa shape index (κ2) is 8.49. The van der Waals surface area contributed by atoms with E-state index in [1.54, 1.807) is 36.4 Å². The van der Waals surface area contributed by atoms with Gasteiger partial charge in [-0.2, -0.15) is 8.42 Å². The molecular weight excluding hydrogens is 482 g/mol. The van der Waals surface area contributed by atoms with Crippen molar-refractivity contribution in [3.63, 3.8) is 0 Å². The number of aryl methyl sites for hydroxylation is 1. The first-order valence-corrected chi connectivity index (χ1v) is 11.4. The summed E-state index contributed by atoms with van der Waals surface area (Å²) < 4.78 is 36.7. The molecule has 1 aliphatic rings. The van der Waals surface area contributed by atoms with Gasteiger partial charge in [-0.15, -0.1) is 0 Å². The Bertz CT molecular complexity index is 1310. The quantitative estimate of drug-likeness (QED) is 0.285. The lowest BCUT2D eigenvalue weighted by atomic mass is 10.1. The molecule has 31 heavy (non-hydrogen) atoms. The van der Waals surface area contributed by atoms with E-state index in [9.17, 15) is 13.2 Å². The van der Waals surface area contributed by atoms with Crippen molar-refractivity contribution in [3.8, 4) is 5.75 Å². The van der Waals surface area contributed by atoms with Gasteiger partial charge < -0.3 is 8.92 Å². The van der Waals surface area contributed by atoms with Gasteiger partial charge in [0.1, 0.15) is 10.6 Å². The summed E-state index contributed by atoms with van der Waals surface area (Å²) in [4.78, 5) is 16.6. The monoisotopic (exact) mass is 497 g/mol. The van der Waals surface area contributed by atoms with E-state index < -0.39 is 16.1 Å². The number of ether oxygens (including phenoxy) is 1. The molecule has 0 amide bonds. The van der Waals surface area contributed by atoms with Crippen LogP contribution < -0.4 is 4.18 Å². The maximum atomic E-state index is 12.7. The lowest BCUT2D eigenvalue weighted by molar-refractivity contribution is -0.129. The fourth-order valence-corrected chi connectivity index (χ4v) is 4.17. The van der Waals surface area contributed by atoms with Crippen molar-refractivity contribution in [1.82, 2.24) is 0 Å². The Morgan fingerprint density at radius 3 is 2.42 bits per heavy atom. The highest BCUT2D eigenvalue weighted by Gasteiger charge is 2.25. The van der Waals surface area contributed by atoms with Crippen molar-refractivity contribution in [2.75, 3.05) is 0 Å². The molecule has 0 fully saturated rings. The minimum absolute atomic E-state index is 0.0317. The van der Waals surface area contributed by atoms with Crippen LogP contribution in [0.4, 0.5) is 0 Å². The zero-order valence-electron chi connectivity index (χ0n) is 16.3. The molecule has 0 aromatic heterocycles. The Hall–Kier alpha value is -3.23. The fraction of sp³-hybridized carbons (Fsp3) is 0.0435. The molecule has 6 nitrogen and oxygen atoms in total. The molecule has 0 radical (unpaired) electrons. The molecule has 0 atom stereocenters. The summed E-state index contributed by atoms with van der Waals surface area (Å²) in [6, 6.07) is 20.1. The van der Waals surface area contributed by atoms with Gasteiger partial charge in [-0.05, 0) is 55.5 Å². The van der Waals surface area contributed by atoms with Crippen molar-refractivity contribution in [2.24, 2.45) is 4.99 Å². The third kappa shape index (κ3) is 4.76. The first kappa shape index (κ1) is 21.0. The molecule has 8 heteroatoms. The third-order valence-corrected chi connectivity index (χ3v) is 6.16. The maximum Gasteiger partial charge on any atom is 0.363 e. The Kier molecular flexibility index (Phi) is 5.75. The maximum absolute atomic E-state index is 12.7. The molecule has 3 aromatic carbocycles. The van der Waals surface area contributed by atoms with Gasteiger partial charge in [0.15, 0.2) is 5.70 Å². The van der Waals surface area contributed by atoms with Crippen LogP contribution in [0, 0.1) is 6.92 Å². The van der Waals surface area contributed by atoms with E-state index in [1.807, 2.05) is 25.1 Å². The smallest absolute Gasteiger partial charge is 0.363 e. The Morgan fingerprint density at radius 1 is 1.00 bits per heavy atom. The fourth-order valence-electron chi connectivity index (χ4n) is 2.84. The average molecular weight is 498 g/mol. The summed E-state index contributed by atoms with van der Waals surface area (Å²) in [7, 11) is -4.06. The van der Waals surface area contributed by atoms with Gasteiger partial charge in [-0.3, -0.25) is 0 Å². The number of cyclic esters (lactones) is 1. The van der Waals surface area contributed by atoms with Gasteiger partial charge in [0.25, 0.3) is 0 Å². The lowest BCUT2D eigenvalue weighted by Crippen LogP contribution is -2.10. The van der Waals surface area contributed by atoms with E-state index in [1.165, 1.54) is 24.3 Å². The van der Waals surface area contributed by atoms with E-state index >= 15 is 0 Å². The zero-order valence-corrected chi connectivity index (χ0v) is 18.7. The molecule has 0 saturated heterocycles. The number of carbonyl (C=O) groups excluding carboxylic acids is 1. The van der Waals surface area contributed by atoms with Crippen LogP contribution in [0.15, 0.2) is 92.9 Å².